The first kappa shape index (κ1) is 40.2. The van der Waals surface area contributed by atoms with E-state index >= 15 is 0 Å². The van der Waals surface area contributed by atoms with Gasteiger partial charge in [-0.1, -0.05) is 70.2 Å². The minimum Gasteiger partial charge on any atom is -0.478 e. The molecular formula is C37H49N5O9. The number of nitrogens with zero attached hydrogens (tertiary/aromatic N) is 1. The highest BCUT2D eigenvalue weighted by Gasteiger charge is 2.40. The van der Waals surface area contributed by atoms with Crippen LogP contribution in [0.3, 0.4) is 0 Å². The minimum atomic E-state index is -1.31. The van der Waals surface area contributed by atoms with E-state index in [1.54, 1.807) is 27.7 Å². The number of carbonyl (C=O) groups excluding carboxylic acids is 6. The van der Waals surface area contributed by atoms with Crippen LogP contribution in [-0.4, -0.2) is 89.2 Å². The highest BCUT2D eigenvalue weighted by molar-refractivity contribution is 6.06. The Morgan fingerprint density at radius 1 is 0.882 bits per heavy atom. The average molecular weight is 708 g/mol. The van der Waals surface area contributed by atoms with Crippen molar-refractivity contribution in [3.8, 4) is 0 Å². The molecule has 0 aliphatic carbocycles. The van der Waals surface area contributed by atoms with Crippen molar-refractivity contribution in [2.45, 2.75) is 90.6 Å². The fraction of sp³-hybridized carbons (Fsp3) is 0.486. The summed E-state index contributed by atoms with van der Waals surface area (Å²) < 4.78 is 5.22. The Bertz CT molecular complexity index is 1530. The summed E-state index contributed by atoms with van der Waals surface area (Å²) in [7, 11) is 0. The molecule has 1 fully saturated rings. The Morgan fingerprint density at radius 2 is 1.55 bits per heavy atom. The Labute approximate surface area is 298 Å². The molecule has 14 heteroatoms. The number of ether oxygens (including phenoxy) is 1. The predicted octanol–water partition coefficient (Wildman–Crippen LogP) is 3.05. The van der Waals surface area contributed by atoms with E-state index in [1.165, 1.54) is 29.2 Å². The molecule has 1 heterocycles. The fourth-order valence-corrected chi connectivity index (χ4v) is 5.68. The van der Waals surface area contributed by atoms with Gasteiger partial charge in [0, 0.05) is 13.1 Å². The summed E-state index contributed by atoms with van der Waals surface area (Å²) in [5, 5.41) is 20.4. The molecule has 0 aromatic heterocycles. The summed E-state index contributed by atoms with van der Waals surface area (Å²) >= 11 is 0. The van der Waals surface area contributed by atoms with Gasteiger partial charge in [0.15, 0.2) is 0 Å². The largest absolute Gasteiger partial charge is 0.478 e. The van der Waals surface area contributed by atoms with Crippen molar-refractivity contribution in [2.75, 3.05) is 13.1 Å². The topological polar surface area (TPSA) is 200 Å². The predicted molar refractivity (Wildman–Crippen MR) is 187 cm³/mol. The molecule has 2 aromatic carbocycles. The van der Waals surface area contributed by atoms with Crippen LogP contribution in [0, 0.1) is 11.8 Å². The van der Waals surface area contributed by atoms with Crippen molar-refractivity contribution in [1.82, 2.24) is 26.2 Å². The monoisotopic (exact) mass is 707 g/mol. The zero-order valence-electron chi connectivity index (χ0n) is 29.6. The second kappa shape index (κ2) is 19.8. The molecule has 0 spiro atoms. The van der Waals surface area contributed by atoms with Gasteiger partial charge in [0.25, 0.3) is 5.91 Å². The second-order valence-corrected chi connectivity index (χ2v) is 13.2. The first-order valence-electron chi connectivity index (χ1n) is 17.3. The lowest BCUT2D eigenvalue weighted by Crippen LogP contribution is -2.58. The first-order chi connectivity index (χ1) is 24.3. The van der Waals surface area contributed by atoms with Crippen molar-refractivity contribution < 1.29 is 43.4 Å². The SMILES string of the molecule is CC(C)[C@H](NC(=O)[C@H](CCCCNC(=O)OCc1ccccc1)NC(=O)c1ccccc1C(=O)O)C(=O)N1CCC[C@H]1C(=O)N[C@H](C=O)C(C)C. The van der Waals surface area contributed by atoms with Gasteiger partial charge in [-0.2, -0.15) is 0 Å². The van der Waals surface area contributed by atoms with Gasteiger partial charge in [-0.05, 0) is 61.6 Å². The highest BCUT2D eigenvalue weighted by atomic mass is 16.5. The smallest absolute Gasteiger partial charge is 0.407 e. The Hall–Kier alpha value is -5.27. The van der Waals surface area contributed by atoms with Gasteiger partial charge in [-0.3, -0.25) is 19.2 Å². The molecule has 0 radical (unpaired) electrons. The van der Waals surface area contributed by atoms with Gasteiger partial charge in [0.2, 0.25) is 17.7 Å². The third-order valence-corrected chi connectivity index (χ3v) is 8.67. The number of hydrogen-bond acceptors (Lipinski definition) is 8. The van der Waals surface area contributed by atoms with Gasteiger partial charge in [-0.25, -0.2) is 9.59 Å². The highest BCUT2D eigenvalue weighted by Crippen LogP contribution is 2.21. The summed E-state index contributed by atoms with van der Waals surface area (Å²) in [6.45, 7) is 7.71. The zero-order chi connectivity index (χ0) is 37.5. The van der Waals surface area contributed by atoms with Crippen LogP contribution in [-0.2, 0) is 30.5 Å². The van der Waals surface area contributed by atoms with Crippen molar-refractivity contribution in [3.63, 3.8) is 0 Å². The molecule has 5 N–H and O–H groups in total. The maximum absolute atomic E-state index is 13.9. The number of amides is 5. The van der Waals surface area contributed by atoms with E-state index in [9.17, 15) is 38.7 Å². The second-order valence-electron chi connectivity index (χ2n) is 13.2. The average Bonchev–Trinajstić information content (AvgIpc) is 3.61. The van der Waals surface area contributed by atoms with Crippen LogP contribution in [0.25, 0.3) is 0 Å². The summed E-state index contributed by atoms with van der Waals surface area (Å²) in [6, 6.07) is 11.1. The number of likely N-dealkylation sites (tertiary alicyclic amines) is 1. The number of carboxylic acid groups (broad SMARTS) is 1. The lowest BCUT2D eigenvalue weighted by molar-refractivity contribution is -0.143. The number of aldehydes is 1. The number of aromatic carboxylic acids is 1. The van der Waals surface area contributed by atoms with Crippen LogP contribution in [0.1, 0.15) is 86.1 Å². The van der Waals surface area contributed by atoms with E-state index < -0.39 is 65.8 Å². The molecule has 1 aliphatic heterocycles. The molecule has 276 valence electrons. The molecule has 51 heavy (non-hydrogen) atoms. The summed E-state index contributed by atoms with van der Waals surface area (Å²) in [5.41, 5.74) is 0.458. The first-order valence-corrected chi connectivity index (χ1v) is 17.3. The van der Waals surface area contributed by atoms with Crippen molar-refractivity contribution >= 4 is 42.0 Å². The van der Waals surface area contributed by atoms with Crippen LogP contribution >= 0.6 is 0 Å². The van der Waals surface area contributed by atoms with E-state index in [0.29, 0.717) is 32.0 Å². The Kier molecular flexibility index (Phi) is 15.6. The molecule has 0 saturated carbocycles. The number of benzene rings is 2. The van der Waals surface area contributed by atoms with Crippen molar-refractivity contribution in [2.24, 2.45) is 11.8 Å². The molecule has 3 rings (SSSR count). The van der Waals surface area contributed by atoms with Crippen LogP contribution in [0.2, 0.25) is 0 Å². The normalized spacial score (nSPS) is 15.7. The third kappa shape index (κ3) is 11.9. The summed E-state index contributed by atoms with van der Waals surface area (Å²) in [5.74, 6) is -4.22. The Morgan fingerprint density at radius 3 is 2.18 bits per heavy atom. The van der Waals surface area contributed by atoms with Crippen LogP contribution in [0.15, 0.2) is 54.6 Å². The molecule has 0 bridgehead atoms. The maximum atomic E-state index is 13.9. The molecule has 1 saturated heterocycles. The molecular weight excluding hydrogens is 658 g/mol. The van der Waals surface area contributed by atoms with Crippen LogP contribution < -0.4 is 21.3 Å². The number of carbonyl (C=O) groups is 7. The number of unbranched alkanes of at least 4 members (excludes halogenated alkanes) is 1. The third-order valence-electron chi connectivity index (χ3n) is 8.67. The van der Waals surface area contributed by atoms with Gasteiger partial charge in [-0.15, -0.1) is 0 Å². The van der Waals surface area contributed by atoms with Gasteiger partial charge < -0.3 is 40.8 Å². The summed E-state index contributed by atoms with van der Waals surface area (Å²) in [4.78, 5) is 91.0. The van der Waals surface area contributed by atoms with Gasteiger partial charge >= 0.3 is 12.1 Å². The number of hydrogen-bond donors (Lipinski definition) is 5. The van der Waals surface area contributed by atoms with E-state index in [1.807, 2.05) is 30.3 Å². The number of carboxylic acids is 1. The zero-order valence-corrected chi connectivity index (χ0v) is 29.6. The molecule has 1 aliphatic rings. The van der Waals surface area contributed by atoms with E-state index in [2.05, 4.69) is 21.3 Å². The van der Waals surface area contributed by atoms with Crippen molar-refractivity contribution in [3.05, 3.63) is 71.3 Å². The quantitative estimate of drug-likeness (QED) is 0.114. The molecule has 2 aromatic rings. The molecule has 0 unspecified atom stereocenters. The Balaban J connectivity index is 1.70. The molecule has 5 amide bonds. The summed E-state index contributed by atoms with van der Waals surface area (Å²) in [6.07, 6.45) is 1.90. The number of rotatable bonds is 18. The molecule has 4 atom stereocenters. The minimum absolute atomic E-state index is 0.101. The van der Waals surface area contributed by atoms with Crippen LogP contribution in [0.4, 0.5) is 4.79 Å². The van der Waals surface area contributed by atoms with Crippen LogP contribution in [0.5, 0.6) is 0 Å². The number of nitrogens with one attached hydrogen (secondary N) is 4. The lowest BCUT2D eigenvalue weighted by Gasteiger charge is -2.32. The standard InChI is InChI=1S/C37H49N5O9/c1-23(2)29(21-43)40-34(46)30-18-12-20-42(30)35(47)31(24(3)4)41-33(45)28(39-32(44)26-15-8-9-16-27(26)36(48)49)17-10-11-19-38-37(50)51-22-25-13-6-5-7-14-25/h5-9,13-16,21,23-24,28-31H,10-12,17-20,22H2,1-4H3,(H,38,50)(H,39,44)(H,40,46)(H,41,45)(H,48,49)/t28-,29+,30-,31-/m0/s1. The van der Waals surface area contributed by atoms with E-state index in [-0.39, 0.29) is 43.2 Å². The fourth-order valence-electron chi connectivity index (χ4n) is 5.68. The van der Waals surface area contributed by atoms with E-state index in [0.717, 1.165) is 5.56 Å². The van der Waals surface area contributed by atoms with Crippen molar-refractivity contribution in [1.29, 1.82) is 0 Å². The number of alkyl carbamates (subject to hydrolysis) is 1. The van der Waals surface area contributed by atoms with E-state index in [4.69, 9.17) is 4.74 Å². The van der Waals surface area contributed by atoms with Gasteiger partial charge in [0.1, 0.15) is 31.0 Å². The maximum Gasteiger partial charge on any atom is 0.407 e. The molecule has 14 nitrogen and oxygen atoms in total. The van der Waals surface area contributed by atoms with Gasteiger partial charge in [0.05, 0.1) is 17.2 Å². The lowest BCUT2D eigenvalue weighted by atomic mass is 10.00.